The zero-order valence-corrected chi connectivity index (χ0v) is 13.1. The van der Waals surface area contributed by atoms with Gasteiger partial charge in [-0.3, -0.25) is 9.59 Å². The molecule has 2 aliphatic heterocycles. The molecule has 2 aliphatic rings. The molecular formula is C16H18N2O6. The Bertz CT molecular complexity index is 676. The normalized spacial score (nSPS) is 26.1. The van der Waals surface area contributed by atoms with Crippen LogP contribution in [0.3, 0.4) is 0 Å². The number of anilines is 1. The smallest absolute Gasteiger partial charge is 0.334 e. The van der Waals surface area contributed by atoms with E-state index in [-0.39, 0.29) is 31.5 Å². The van der Waals surface area contributed by atoms with Gasteiger partial charge in [0, 0.05) is 6.54 Å². The molecule has 1 aromatic carbocycles. The lowest BCUT2D eigenvalue weighted by atomic mass is 10.1. The summed E-state index contributed by atoms with van der Waals surface area (Å²) >= 11 is 0. The number of aliphatic carboxylic acids is 1. The maximum atomic E-state index is 12.5. The molecule has 3 atom stereocenters. The Labute approximate surface area is 138 Å². The van der Waals surface area contributed by atoms with Gasteiger partial charge >= 0.3 is 5.97 Å². The molecule has 128 valence electrons. The molecule has 2 unspecified atom stereocenters. The molecule has 0 saturated carbocycles. The average molecular weight is 334 g/mol. The Kier molecular flexibility index (Phi) is 4.39. The van der Waals surface area contributed by atoms with Crippen LogP contribution in [0.5, 0.6) is 5.75 Å². The Morgan fingerprint density at radius 2 is 2.08 bits per heavy atom. The molecule has 0 aromatic heterocycles. The second kappa shape index (κ2) is 6.48. The summed E-state index contributed by atoms with van der Waals surface area (Å²) < 4.78 is 10.9. The largest absolute Gasteiger partial charge is 0.479 e. The van der Waals surface area contributed by atoms with Crippen LogP contribution in [0.25, 0.3) is 0 Å². The van der Waals surface area contributed by atoms with Gasteiger partial charge < -0.3 is 24.8 Å². The summed E-state index contributed by atoms with van der Waals surface area (Å²) in [5.41, 5.74) is 0.567. The Morgan fingerprint density at radius 3 is 2.83 bits per heavy atom. The van der Waals surface area contributed by atoms with E-state index in [0.717, 1.165) is 0 Å². The first-order valence-corrected chi connectivity index (χ1v) is 7.66. The van der Waals surface area contributed by atoms with Gasteiger partial charge in [0.25, 0.3) is 5.91 Å². The first kappa shape index (κ1) is 16.3. The summed E-state index contributed by atoms with van der Waals surface area (Å²) in [5.74, 6) is -1.33. The van der Waals surface area contributed by atoms with E-state index in [9.17, 15) is 14.4 Å². The van der Waals surface area contributed by atoms with Crippen molar-refractivity contribution in [1.82, 2.24) is 4.90 Å². The third-order valence-electron chi connectivity index (χ3n) is 3.96. The quantitative estimate of drug-likeness (QED) is 0.833. The van der Waals surface area contributed by atoms with Crippen LogP contribution >= 0.6 is 0 Å². The molecule has 0 radical (unpaired) electrons. The molecule has 0 spiro atoms. The molecule has 2 amide bonds. The number of carbonyl (C=O) groups excluding carboxylic acids is 2. The van der Waals surface area contributed by atoms with Crippen molar-refractivity contribution >= 4 is 23.5 Å². The number of para-hydroxylation sites is 2. The van der Waals surface area contributed by atoms with Gasteiger partial charge in [-0.2, -0.15) is 0 Å². The summed E-state index contributed by atoms with van der Waals surface area (Å²) in [6.07, 6.45) is -2.53. The van der Waals surface area contributed by atoms with Crippen LogP contribution < -0.4 is 10.1 Å². The summed E-state index contributed by atoms with van der Waals surface area (Å²) in [6, 6.07) is 6.97. The number of nitrogens with one attached hydrogen (secondary N) is 1. The van der Waals surface area contributed by atoms with E-state index in [2.05, 4.69) is 5.32 Å². The fourth-order valence-corrected chi connectivity index (χ4v) is 2.81. The molecule has 2 heterocycles. The number of hydrogen-bond donors (Lipinski definition) is 2. The average Bonchev–Trinajstić information content (AvgIpc) is 2.54. The van der Waals surface area contributed by atoms with Crippen LogP contribution in [0.4, 0.5) is 5.69 Å². The highest BCUT2D eigenvalue weighted by Crippen LogP contribution is 2.29. The van der Waals surface area contributed by atoms with Crippen molar-refractivity contribution in [2.75, 3.05) is 18.4 Å². The summed E-state index contributed by atoms with van der Waals surface area (Å²) in [6.45, 7) is 1.95. The predicted molar refractivity (Wildman–Crippen MR) is 82.7 cm³/mol. The monoisotopic (exact) mass is 334 g/mol. The lowest BCUT2D eigenvalue weighted by Crippen LogP contribution is -2.53. The van der Waals surface area contributed by atoms with Crippen LogP contribution in [-0.4, -0.2) is 59.2 Å². The van der Waals surface area contributed by atoms with Gasteiger partial charge in [0.05, 0.1) is 24.8 Å². The molecule has 0 bridgehead atoms. The Balaban J connectivity index is 1.66. The second-order valence-corrected chi connectivity index (χ2v) is 5.87. The summed E-state index contributed by atoms with van der Waals surface area (Å²) in [5, 5.41) is 11.8. The number of carbonyl (C=O) groups is 3. The van der Waals surface area contributed by atoms with Gasteiger partial charge in [-0.1, -0.05) is 12.1 Å². The maximum Gasteiger partial charge on any atom is 0.334 e. The summed E-state index contributed by atoms with van der Waals surface area (Å²) in [7, 11) is 0. The third-order valence-corrected chi connectivity index (χ3v) is 3.96. The van der Waals surface area contributed by atoms with E-state index < -0.39 is 24.1 Å². The first-order valence-electron chi connectivity index (χ1n) is 7.66. The fraction of sp³-hybridized carbons (Fsp3) is 0.438. The molecule has 1 aromatic rings. The first-order chi connectivity index (χ1) is 11.4. The summed E-state index contributed by atoms with van der Waals surface area (Å²) in [4.78, 5) is 37.0. The van der Waals surface area contributed by atoms with E-state index in [1.54, 1.807) is 31.2 Å². The van der Waals surface area contributed by atoms with E-state index in [1.807, 2.05) is 0 Å². The number of benzene rings is 1. The number of fused-ring (bicyclic) bond motifs is 1. The third kappa shape index (κ3) is 3.33. The SMILES string of the molecule is C[C@@H]1CN(C(=O)CC2Oc3ccccc3NC2=O)CC(C(=O)O)O1. The van der Waals surface area contributed by atoms with Gasteiger partial charge in [0.15, 0.2) is 12.2 Å². The van der Waals surface area contributed by atoms with Crippen LogP contribution in [0.1, 0.15) is 13.3 Å². The minimum absolute atomic E-state index is 0.0383. The number of rotatable bonds is 3. The van der Waals surface area contributed by atoms with Crippen molar-refractivity contribution in [3.05, 3.63) is 24.3 Å². The molecule has 8 heteroatoms. The lowest BCUT2D eigenvalue weighted by molar-refractivity contribution is -0.167. The minimum atomic E-state index is -1.11. The van der Waals surface area contributed by atoms with Gasteiger partial charge in [-0.05, 0) is 19.1 Å². The van der Waals surface area contributed by atoms with Gasteiger partial charge in [-0.25, -0.2) is 4.79 Å². The van der Waals surface area contributed by atoms with Crippen LogP contribution in [-0.2, 0) is 19.1 Å². The molecule has 0 aliphatic carbocycles. The molecule has 3 rings (SSSR count). The van der Waals surface area contributed by atoms with Crippen molar-refractivity contribution in [1.29, 1.82) is 0 Å². The van der Waals surface area contributed by atoms with E-state index >= 15 is 0 Å². The molecule has 8 nitrogen and oxygen atoms in total. The van der Waals surface area contributed by atoms with Crippen LogP contribution in [0.15, 0.2) is 24.3 Å². The van der Waals surface area contributed by atoms with E-state index in [4.69, 9.17) is 14.6 Å². The number of hydrogen-bond acceptors (Lipinski definition) is 5. The van der Waals surface area contributed by atoms with Gasteiger partial charge in [0.2, 0.25) is 5.91 Å². The zero-order valence-electron chi connectivity index (χ0n) is 13.1. The molecule has 1 fully saturated rings. The highest BCUT2D eigenvalue weighted by molar-refractivity contribution is 6.00. The van der Waals surface area contributed by atoms with Gasteiger partial charge in [-0.15, -0.1) is 0 Å². The standard InChI is InChI=1S/C16H18N2O6/c1-9-7-18(8-13(23-9)16(21)22)14(19)6-12-15(20)17-10-4-2-3-5-11(10)24-12/h2-5,9,12-13H,6-8H2,1H3,(H,17,20)(H,21,22)/t9-,12?,13?/m1/s1. The predicted octanol–water partition coefficient (Wildman–Crippen LogP) is 0.477. The number of carboxylic acid groups (broad SMARTS) is 1. The van der Waals surface area contributed by atoms with Crippen LogP contribution in [0, 0.1) is 0 Å². The highest BCUT2D eigenvalue weighted by Gasteiger charge is 2.36. The van der Waals surface area contributed by atoms with E-state index in [1.165, 1.54) is 4.90 Å². The number of ether oxygens (including phenoxy) is 2. The van der Waals surface area contributed by atoms with Crippen molar-refractivity contribution in [2.45, 2.75) is 31.7 Å². The van der Waals surface area contributed by atoms with Crippen molar-refractivity contribution in [3.63, 3.8) is 0 Å². The lowest BCUT2D eigenvalue weighted by Gasteiger charge is -2.36. The maximum absolute atomic E-state index is 12.5. The molecule has 2 N–H and O–H groups in total. The number of nitrogens with zero attached hydrogens (tertiary/aromatic N) is 1. The number of morpholine rings is 1. The van der Waals surface area contributed by atoms with Crippen molar-refractivity contribution in [3.8, 4) is 5.75 Å². The van der Waals surface area contributed by atoms with Gasteiger partial charge in [0.1, 0.15) is 5.75 Å². The molecule has 24 heavy (non-hydrogen) atoms. The fourth-order valence-electron chi connectivity index (χ4n) is 2.81. The number of amides is 2. The highest BCUT2D eigenvalue weighted by atomic mass is 16.5. The van der Waals surface area contributed by atoms with Crippen LogP contribution in [0.2, 0.25) is 0 Å². The zero-order chi connectivity index (χ0) is 17.3. The Hall–Kier alpha value is -2.61. The van der Waals surface area contributed by atoms with Crippen molar-refractivity contribution < 1.29 is 29.0 Å². The Morgan fingerprint density at radius 1 is 1.33 bits per heavy atom. The number of carboxylic acids is 1. The minimum Gasteiger partial charge on any atom is -0.479 e. The second-order valence-electron chi connectivity index (χ2n) is 5.87. The molecular weight excluding hydrogens is 316 g/mol. The molecule has 1 saturated heterocycles. The van der Waals surface area contributed by atoms with Crippen molar-refractivity contribution in [2.24, 2.45) is 0 Å². The topological polar surface area (TPSA) is 105 Å². The van der Waals surface area contributed by atoms with E-state index in [0.29, 0.717) is 11.4 Å².